The summed E-state index contributed by atoms with van der Waals surface area (Å²) in [4.78, 5) is 28.0. The number of amides is 2. The zero-order valence-electron chi connectivity index (χ0n) is 21.2. The van der Waals surface area contributed by atoms with Gasteiger partial charge in [-0.25, -0.2) is 4.39 Å². The van der Waals surface area contributed by atoms with E-state index in [-0.39, 0.29) is 36.2 Å². The van der Waals surface area contributed by atoms with Crippen LogP contribution in [-0.2, 0) is 22.6 Å². The Balaban J connectivity index is 1.33. The van der Waals surface area contributed by atoms with Gasteiger partial charge in [0, 0.05) is 19.0 Å². The lowest BCUT2D eigenvalue weighted by Gasteiger charge is -2.39. The molecule has 192 valence electrons. The largest absolute Gasteiger partial charge is 0.484 e. The maximum absolute atomic E-state index is 13.6. The van der Waals surface area contributed by atoms with Crippen molar-refractivity contribution in [2.45, 2.75) is 51.6 Å². The van der Waals surface area contributed by atoms with Crippen LogP contribution in [0.1, 0.15) is 59.5 Å². The molecule has 5 rings (SSSR count). The van der Waals surface area contributed by atoms with E-state index < -0.39 is 0 Å². The number of ether oxygens (including phenoxy) is 1. The highest BCUT2D eigenvalue weighted by atomic mass is 19.1. The minimum Gasteiger partial charge on any atom is -0.484 e. The molecule has 3 aromatic rings. The fourth-order valence-corrected chi connectivity index (χ4v) is 5.44. The average molecular weight is 501 g/mol. The molecule has 1 N–H and O–H groups in total. The summed E-state index contributed by atoms with van der Waals surface area (Å²) in [5.41, 5.74) is 5.35. The molecule has 2 amide bonds. The zero-order chi connectivity index (χ0) is 25.8. The lowest BCUT2D eigenvalue weighted by molar-refractivity contribution is -0.137. The first-order chi connectivity index (χ1) is 18.0. The number of nitrogens with one attached hydrogen (secondary N) is 1. The van der Waals surface area contributed by atoms with Crippen LogP contribution in [-0.4, -0.2) is 29.9 Å². The monoisotopic (exact) mass is 500 g/mol. The Kier molecular flexibility index (Phi) is 7.54. The minimum atomic E-state index is -0.307. The number of halogens is 1. The molecule has 1 aliphatic heterocycles. The van der Waals surface area contributed by atoms with Gasteiger partial charge in [0.15, 0.2) is 6.61 Å². The summed E-state index contributed by atoms with van der Waals surface area (Å²) < 4.78 is 19.0. The number of hydrogen-bond acceptors (Lipinski definition) is 3. The third-order valence-electron chi connectivity index (χ3n) is 7.50. The van der Waals surface area contributed by atoms with Crippen molar-refractivity contribution in [2.75, 3.05) is 13.2 Å². The average Bonchev–Trinajstić information content (AvgIpc) is 3.46. The molecular formula is C31H33FN2O3. The number of fused-ring (bicyclic) bond motifs is 1. The normalized spacial score (nSPS) is 17.4. The Morgan fingerprint density at radius 3 is 2.46 bits per heavy atom. The second-order valence-corrected chi connectivity index (χ2v) is 10.1. The van der Waals surface area contributed by atoms with Gasteiger partial charge in [-0.15, -0.1) is 0 Å². The topological polar surface area (TPSA) is 58.6 Å². The fourth-order valence-electron chi connectivity index (χ4n) is 5.44. The van der Waals surface area contributed by atoms with E-state index in [0.29, 0.717) is 18.8 Å². The van der Waals surface area contributed by atoms with Crippen LogP contribution in [0.4, 0.5) is 4.39 Å². The lowest BCUT2D eigenvalue weighted by atomic mass is 9.86. The molecule has 0 saturated heterocycles. The number of aryl methyl sites for hydroxylation is 1. The molecule has 2 aliphatic rings. The molecule has 6 heteroatoms. The Morgan fingerprint density at radius 2 is 1.73 bits per heavy atom. The van der Waals surface area contributed by atoms with Gasteiger partial charge < -0.3 is 15.0 Å². The molecule has 0 spiro atoms. The molecule has 1 heterocycles. The molecule has 0 bridgehead atoms. The van der Waals surface area contributed by atoms with Crippen LogP contribution in [0.2, 0.25) is 0 Å². The summed E-state index contributed by atoms with van der Waals surface area (Å²) in [7, 11) is 0. The number of rotatable bonds is 7. The van der Waals surface area contributed by atoms with Gasteiger partial charge in [-0.1, -0.05) is 60.9 Å². The molecule has 3 aromatic carbocycles. The summed E-state index contributed by atoms with van der Waals surface area (Å²) in [6, 6.07) is 20.2. The number of carbonyl (C=O) groups excluding carboxylic acids is 2. The van der Waals surface area contributed by atoms with Crippen molar-refractivity contribution >= 4 is 11.8 Å². The van der Waals surface area contributed by atoms with Gasteiger partial charge in [0.1, 0.15) is 11.6 Å². The first kappa shape index (κ1) is 25.0. The third kappa shape index (κ3) is 5.85. The number of nitrogens with zero attached hydrogens (tertiary/aromatic N) is 1. The summed E-state index contributed by atoms with van der Waals surface area (Å²) in [6.45, 7) is 2.94. The van der Waals surface area contributed by atoms with E-state index >= 15 is 0 Å². The molecule has 1 saturated carbocycles. The Labute approximate surface area is 217 Å². The quantitative estimate of drug-likeness (QED) is 0.467. The number of benzene rings is 3. The predicted molar refractivity (Wildman–Crippen MR) is 141 cm³/mol. The highest BCUT2D eigenvalue weighted by Crippen LogP contribution is 2.39. The van der Waals surface area contributed by atoms with Gasteiger partial charge in [-0.05, 0) is 72.7 Å². The van der Waals surface area contributed by atoms with Gasteiger partial charge in [0.25, 0.3) is 5.91 Å². The van der Waals surface area contributed by atoms with E-state index in [4.69, 9.17) is 4.74 Å². The van der Waals surface area contributed by atoms with Crippen LogP contribution in [0.5, 0.6) is 5.75 Å². The van der Waals surface area contributed by atoms with E-state index in [2.05, 4.69) is 47.5 Å². The summed E-state index contributed by atoms with van der Waals surface area (Å²) in [6.07, 6.45) is 4.99. The lowest BCUT2D eigenvalue weighted by Crippen LogP contribution is -2.43. The van der Waals surface area contributed by atoms with Crippen molar-refractivity contribution in [1.82, 2.24) is 10.2 Å². The highest BCUT2D eigenvalue weighted by molar-refractivity contribution is 5.80. The van der Waals surface area contributed by atoms with Gasteiger partial charge in [0.2, 0.25) is 5.91 Å². The van der Waals surface area contributed by atoms with Gasteiger partial charge >= 0.3 is 0 Å². The molecular weight excluding hydrogens is 467 g/mol. The van der Waals surface area contributed by atoms with Crippen LogP contribution in [0, 0.1) is 18.7 Å². The Morgan fingerprint density at radius 1 is 1.00 bits per heavy atom. The van der Waals surface area contributed by atoms with E-state index in [0.717, 1.165) is 48.8 Å². The van der Waals surface area contributed by atoms with Gasteiger partial charge in [-0.3, -0.25) is 9.59 Å². The van der Waals surface area contributed by atoms with Crippen molar-refractivity contribution < 1.29 is 18.7 Å². The standard InChI is InChI=1S/C31H33FN2O3/c1-21-6-10-24(11-7-21)30-28-18-27(37-20-29(35)33-19-22-8-13-26(32)14-9-22)15-12-23(28)16-17-34(30)31(36)25-4-2-3-5-25/h6-15,18,25,30H,2-5,16-17,19-20H2,1H3,(H,33,35). The third-order valence-corrected chi connectivity index (χ3v) is 7.50. The zero-order valence-corrected chi connectivity index (χ0v) is 21.2. The molecule has 0 aromatic heterocycles. The summed E-state index contributed by atoms with van der Waals surface area (Å²) in [5.74, 6) is 0.398. The Hall–Kier alpha value is -3.67. The molecule has 1 aliphatic carbocycles. The molecule has 0 radical (unpaired) electrons. The van der Waals surface area contributed by atoms with Crippen LogP contribution < -0.4 is 10.1 Å². The molecule has 37 heavy (non-hydrogen) atoms. The maximum atomic E-state index is 13.6. The predicted octanol–water partition coefficient (Wildman–Crippen LogP) is 5.49. The first-order valence-corrected chi connectivity index (χ1v) is 13.1. The number of hydrogen-bond donors (Lipinski definition) is 1. The second kappa shape index (κ2) is 11.2. The Bertz CT molecular complexity index is 1250. The van der Waals surface area contributed by atoms with Crippen molar-refractivity contribution in [3.05, 3.63) is 100 Å². The molecule has 1 unspecified atom stereocenters. The molecule has 1 atom stereocenters. The summed E-state index contributed by atoms with van der Waals surface area (Å²) >= 11 is 0. The van der Waals surface area contributed by atoms with Crippen molar-refractivity contribution in [3.63, 3.8) is 0 Å². The SMILES string of the molecule is Cc1ccc(C2c3cc(OCC(=O)NCc4ccc(F)cc4)ccc3CCN2C(=O)C2CCCC2)cc1. The van der Waals surface area contributed by atoms with Crippen molar-refractivity contribution in [3.8, 4) is 5.75 Å². The fraction of sp³-hybridized carbons (Fsp3) is 0.355. The van der Waals surface area contributed by atoms with E-state index in [1.165, 1.54) is 23.3 Å². The van der Waals surface area contributed by atoms with E-state index in [1.807, 2.05) is 12.1 Å². The van der Waals surface area contributed by atoms with Gasteiger partial charge in [-0.2, -0.15) is 0 Å². The smallest absolute Gasteiger partial charge is 0.258 e. The van der Waals surface area contributed by atoms with Gasteiger partial charge in [0.05, 0.1) is 6.04 Å². The van der Waals surface area contributed by atoms with Crippen molar-refractivity contribution in [1.29, 1.82) is 0 Å². The van der Waals surface area contributed by atoms with E-state index in [9.17, 15) is 14.0 Å². The maximum Gasteiger partial charge on any atom is 0.258 e. The van der Waals surface area contributed by atoms with Crippen LogP contribution in [0.25, 0.3) is 0 Å². The van der Waals surface area contributed by atoms with Crippen LogP contribution in [0.3, 0.4) is 0 Å². The second-order valence-electron chi connectivity index (χ2n) is 10.1. The van der Waals surface area contributed by atoms with E-state index in [1.54, 1.807) is 12.1 Å². The van der Waals surface area contributed by atoms with Crippen molar-refractivity contribution in [2.24, 2.45) is 5.92 Å². The minimum absolute atomic E-state index is 0.110. The number of carbonyl (C=O) groups is 2. The first-order valence-electron chi connectivity index (χ1n) is 13.1. The van der Waals surface area contributed by atoms with Crippen LogP contribution >= 0.6 is 0 Å². The molecule has 5 nitrogen and oxygen atoms in total. The summed E-state index contributed by atoms with van der Waals surface area (Å²) in [5, 5.41) is 2.80. The highest BCUT2D eigenvalue weighted by Gasteiger charge is 2.36. The van der Waals surface area contributed by atoms with Crippen LogP contribution in [0.15, 0.2) is 66.7 Å². The molecule has 1 fully saturated rings.